The van der Waals surface area contributed by atoms with E-state index < -0.39 is 11.6 Å². The van der Waals surface area contributed by atoms with Crippen molar-refractivity contribution in [3.63, 3.8) is 0 Å². The molecule has 0 aliphatic carbocycles. The quantitative estimate of drug-likeness (QED) is 0.497. The SMILES string of the molecule is CCNC(=NCc1ccnc2ccccc12)NC1CCN(c2c(F)cccc2F)C1. The predicted molar refractivity (Wildman–Crippen MR) is 117 cm³/mol. The Bertz CT molecular complexity index is 1030. The number of pyridine rings is 1. The van der Waals surface area contributed by atoms with Crippen LogP contribution in [0.25, 0.3) is 10.9 Å². The van der Waals surface area contributed by atoms with Gasteiger partial charge < -0.3 is 15.5 Å². The Hall–Kier alpha value is -3.22. The average Bonchev–Trinajstić information content (AvgIpc) is 3.20. The molecular formula is C23H25F2N5. The van der Waals surface area contributed by atoms with E-state index >= 15 is 0 Å². The number of aromatic nitrogens is 1. The van der Waals surface area contributed by atoms with Gasteiger partial charge in [0.1, 0.15) is 17.3 Å². The molecular weight excluding hydrogens is 384 g/mol. The van der Waals surface area contributed by atoms with Crippen LogP contribution >= 0.6 is 0 Å². The van der Waals surface area contributed by atoms with Crippen molar-refractivity contribution in [2.45, 2.75) is 25.9 Å². The minimum absolute atomic E-state index is 0.0481. The second-order valence-electron chi connectivity index (χ2n) is 7.33. The average molecular weight is 409 g/mol. The molecule has 0 amide bonds. The van der Waals surface area contributed by atoms with Crippen LogP contribution in [0.15, 0.2) is 59.7 Å². The molecule has 156 valence electrons. The van der Waals surface area contributed by atoms with Crippen LogP contribution in [0.2, 0.25) is 0 Å². The van der Waals surface area contributed by atoms with Gasteiger partial charge in [-0.25, -0.2) is 13.8 Å². The molecule has 7 heteroatoms. The third-order valence-electron chi connectivity index (χ3n) is 5.27. The smallest absolute Gasteiger partial charge is 0.191 e. The number of anilines is 1. The van der Waals surface area contributed by atoms with Crippen LogP contribution in [-0.4, -0.2) is 36.6 Å². The van der Waals surface area contributed by atoms with E-state index in [1.807, 2.05) is 37.3 Å². The normalized spacial score (nSPS) is 16.8. The maximum Gasteiger partial charge on any atom is 0.191 e. The van der Waals surface area contributed by atoms with Crippen molar-refractivity contribution in [1.82, 2.24) is 15.6 Å². The first-order valence-corrected chi connectivity index (χ1v) is 10.2. The molecule has 0 radical (unpaired) electrons. The van der Waals surface area contributed by atoms with Crippen molar-refractivity contribution in [3.05, 3.63) is 71.9 Å². The Kier molecular flexibility index (Phi) is 6.07. The van der Waals surface area contributed by atoms with Crippen molar-refractivity contribution < 1.29 is 8.78 Å². The summed E-state index contributed by atoms with van der Waals surface area (Å²) in [5.74, 6) is -0.360. The fourth-order valence-electron chi connectivity index (χ4n) is 3.84. The van der Waals surface area contributed by atoms with Crippen molar-refractivity contribution in [3.8, 4) is 0 Å². The number of fused-ring (bicyclic) bond motifs is 1. The summed E-state index contributed by atoms with van der Waals surface area (Å²) in [6.45, 7) is 4.34. The lowest BCUT2D eigenvalue weighted by Crippen LogP contribution is -2.44. The van der Waals surface area contributed by atoms with Crippen LogP contribution in [0.3, 0.4) is 0 Å². The van der Waals surface area contributed by atoms with Crippen LogP contribution in [0.4, 0.5) is 14.5 Å². The molecule has 1 unspecified atom stereocenters. The van der Waals surface area contributed by atoms with E-state index in [9.17, 15) is 8.78 Å². The van der Waals surface area contributed by atoms with Gasteiger partial charge >= 0.3 is 0 Å². The fraction of sp³-hybridized carbons (Fsp3) is 0.304. The van der Waals surface area contributed by atoms with E-state index in [0.717, 1.165) is 29.4 Å². The molecule has 2 aromatic carbocycles. The molecule has 1 fully saturated rings. The molecule has 0 spiro atoms. The van der Waals surface area contributed by atoms with Gasteiger partial charge in [0.05, 0.1) is 12.1 Å². The topological polar surface area (TPSA) is 52.6 Å². The highest BCUT2D eigenvalue weighted by molar-refractivity contribution is 5.83. The van der Waals surface area contributed by atoms with Gasteiger partial charge in [-0.3, -0.25) is 4.98 Å². The van der Waals surface area contributed by atoms with E-state index in [-0.39, 0.29) is 11.7 Å². The highest BCUT2D eigenvalue weighted by Crippen LogP contribution is 2.26. The summed E-state index contributed by atoms with van der Waals surface area (Å²) in [6, 6.07) is 14.0. The van der Waals surface area contributed by atoms with Crippen molar-refractivity contribution >= 4 is 22.5 Å². The van der Waals surface area contributed by atoms with Gasteiger partial charge in [0, 0.05) is 37.3 Å². The third kappa shape index (κ3) is 4.35. The van der Waals surface area contributed by atoms with Gasteiger partial charge in [0.25, 0.3) is 0 Å². The molecule has 1 aliphatic heterocycles. The summed E-state index contributed by atoms with van der Waals surface area (Å²) >= 11 is 0. The summed E-state index contributed by atoms with van der Waals surface area (Å²) in [5, 5.41) is 7.76. The zero-order chi connectivity index (χ0) is 20.9. The first-order valence-electron chi connectivity index (χ1n) is 10.2. The Balaban J connectivity index is 1.46. The zero-order valence-corrected chi connectivity index (χ0v) is 16.9. The number of para-hydroxylation sites is 2. The van der Waals surface area contributed by atoms with Crippen LogP contribution in [0, 0.1) is 11.6 Å². The molecule has 30 heavy (non-hydrogen) atoms. The third-order valence-corrected chi connectivity index (χ3v) is 5.27. The molecule has 1 aromatic heterocycles. The summed E-state index contributed by atoms with van der Waals surface area (Å²) < 4.78 is 28.2. The molecule has 3 aromatic rings. The molecule has 5 nitrogen and oxygen atoms in total. The number of benzene rings is 2. The number of nitrogens with zero attached hydrogens (tertiary/aromatic N) is 3. The van der Waals surface area contributed by atoms with Gasteiger partial charge in [0.2, 0.25) is 0 Å². The lowest BCUT2D eigenvalue weighted by Gasteiger charge is -2.21. The van der Waals surface area contributed by atoms with E-state index in [4.69, 9.17) is 4.99 Å². The first kappa shape index (κ1) is 20.1. The minimum Gasteiger partial charge on any atom is -0.365 e. The van der Waals surface area contributed by atoms with Crippen molar-refractivity contribution in [1.29, 1.82) is 0 Å². The minimum atomic E-state index is -0.527. The fourth-order valence-corrected chi connectivity index (χ4v) is 3.84. The predicted octanol–water partition coefficient (Wildman–Crippen LogP) is 3.85. The first-order chi connectivity index (χ1) is 14.7. The Morgan fingerprint density at radius 3 is 2.73 bits per heavy atom. The number of hydrogen-bond acceptors (Lipinski definition) is 3. The number of nitrogens with one attached hydrogen (secondary N) is 2. The number of aliphatic imine (C=N–C) groups is 1. The molecule has 2 N–H and O–H groups in total. The van der Waals surface area contributed by atoms with Gasteiger partial charge in [-0.1, -0.05) is 24.3 Å². The zero-order valence-electron chi connectivity index (χ0n) is 16.9. The van der Waals surface area contributed by atoms with E-state index in [2.05, 4.69) is 15.6 Å². The van der Waals surface area contributed by atoms with Crippen LogP contribution in [0.5, 0.6) is 0 Å². The molecule has 1 aliphatic rings. The van der Waals surface area contributed by atoms with Gasteiger partial charge in [0.15, 0.2) is 5.96 Å². The second kappa shape index (κ2) is 9.07. The van der Waals surface area contributed by atoms with Crippen LogP contribution < -0.4 is 15.5 Å². The molecule has 1 atom stereocenters. The lowest BCUT2D eigenvalue weighted by molar-refractivity contribution is 0.576. The van der Waals surface area contributed by atoms with E-state index in [1.54, 1.807) is 11.1 Å². The van der Waals surface area contributed by atoms with Crippen LogP contribution in [0.1, 0.15) is 18.9 Å². The molecule has 4 rings (SSSR count). The second-order valence-corrected chi connectivity index (χ2v) is 7.33. The maximum atomic E-state index is 14.1. The highest BCUT2D eigenvalue weighted by atomic mass is 19.1. The molecule has 2 heterocycles. The largest absolute Gasteiger partial charge is 0.365 e. The Labute approximate surface area is 174 Å². The summed E-state index contributed by atoms with van der Waals surface area (Å²) in [5.41, 5.74) is 2.09. The standard InChI is InChI=1S/C23H25F2N5/c1-2-26-23(28-14-16-10-12-27-21-9-4-3-6-18(16)21)29-17-11-13-30(15-17)22-19(24)7-5-8-20(22)25/h3-10,12,17H,2,11,13-15H2,1H3,(H2,26,28,29). The Morgan fingerprint density at radius 2 is 1.93 bits per heavy atom. The van der Waals surface area contributed by atoms with E-state index in [1.165, 1.54) is 18.2 Å². The Morgan fingerprint density at radius 1 is 1.13 bits per heavy atom. The summed E-state index contributed by atoms with van der Waals surface area (Å²) in [4.78, 5) is 10.9. The monoisotopic (exact) mass is 409 g/mol. The summed E-state index contributed by atoms with van der Waals surface area (Å²) in [7, 11) is 0. The number of hydrogen-bond donors (Lipinski definition) is 2. The van der Waals surface area contributed by atoms with Crippen molar-refractivity contribution in [2.75, 3.05) is 24.5 Å². The molecule has 0 saturated carbocycles. The number of halogens is 2. The number of rotatable bonds is 5. The molecule has 1 saturated heterocycles. The summed E-state index contributed by atoms with van der Waals surface area (Å²) in [6.07, 6.45) is 2.57. The van der Waals surface area contributed by atoms with Crippen molar-refractivity contribution in [2.24, 2.45) is 4.99 Å². The van der Waals surface area contributed by atoms with Crippen LogP contribution in [-0.2, 0) is 6.54 Å². The molecule has 0 bridgehead atoms. The number of guanidine groups is 1. The lowest BCUT2D eigenvalue weighted by atomic mass is 10.1. The van der Waals surface area contributed by atoms with Gasteiger partial charge in [-0.15, -0.1) is 0 Å². The maximum absolute atomic E-state index is 14.1. The van der Waals surface area contributed by atoms with Gasteiger partial charge in [-0.2, -0.15) is 0 Å². The highest BCUT2D eigenvalue weighted by Gasteiger charge is 2.27. The van der Waals surface area contributed by atoms with E-state index in [0.29, 0.717) is 25.6 Å². The van der Waals surface area contributed by atoms with Gasteiger partial charge in [-0.05, 0) is 43.2 Å².